The first-order valence-corrected chi connectivity index (χ1v) is 18.1. The Morgan fingerprint density at radius 2 is 1.78 bits per heavy atom. The van der Waals surface area contributed by atoms with Gasteiger partial charge in [0.15, 0.2) is 0 Å². The predicted octanol–water partition coefficient (Wildman–Crippen LogP) is 9.81. The molecule has 3 fully saturated rings. The van der Waals surface area contributed by atoms with Crippen molar-refractivity contribution in [3.63, 3.8) is 0 Å². The highest BCUT2D eigenvalue weighted by Crippen LogP contribution is 2.59. The summed E-state index contributed by atoms with van der Waals surface area (Å²) in [5.74, 6) is 5.49. The fourth-order valence-corrected chi connectivity index (χ4v) is 9.76. The number of hydrogen-bond donors (Lipinski definition) is 2. The van der Waals surface area contributed by atoms with Crippen LogP contribution in [-0.4, -0.2) is 24.1 Å². The number of rotatable bonds is 16. The molecule has 3 heteroatoms. The third kappa shape index (κ3) is 8.81. The Kier molecular flexibility index (Phi) is 12.6. The molecule has 2 N–H and O–H groups in total. The average Bonchev–Trinajstić information content (AvgIpc) is 3.25. The summed E-state index contributed by atoms with van der Waals surface area (Å²) >= 11 is 0. The highest BCUT2D eigenvalue weighted by Gasteiger charge is 2.50. The van der Waals surface area contributed by atoms with Crippen molar-refractivity contribution in [2.45, 2.75) is 150 Å². The van der Waals surface area contributed by atoms with Crippen molar-refractivity contribution in [1.29, 1.82) is 0 Å². The largest absolute Gasteiger partial charge is 0.314 e. The molecule has 4 rings (SSSR count). The van der Waals surface area contributed by atoms with Crippen LogP contribution in [-0.2, 0) is 6.54 Å². The van der Waals surface area contributed by atoms with Crippen LogP contribution in [0.15, 0.2) is 24.4 Å². The van der Waals surface area contributed by atoms with Gasteiger partial charge in [0.05, 0.1) is 5.69 Å². The second-order valence-electron chi connectivity index (χ2n) is 15.9. The van der Waals surface area contributed by atoms with Gasteiger partial charge in [-0.1, -0.05) is 73.3 Å². The maximum absolute atomic E-state index is 4.41. The van der Waals surface area contributed by atoms with Gasteiger partial charge in [-0.15, -0.1) is 0 Å². The Balaban J connectivity index is 1.19. The smallest absolute Gasteiger partial charge is 0.0541 e. The summed E-state index contributed by atoms with van der Waals surface area (Å²) in [6, 6.07) is 6.90. The highest BCUT2D eigenvalue weighted by atomic mass is 14.9. The van der Waals surface area contributed by atoms with Gasteiger partial charge < -0.3 is 10.6 Å². The van der Waals surface area contributed by atoms with E-state index in [0.717, 1.165) is 60.3 Å². The average molecular weight is 566 g/mol. The molecule has 0 radical (unpaired) electrons. The van der Waals surface area contributed by atoms with Crippen molar-refractivity contribution in [2.24, 2.45) is 46.3 Å². The lowest BCUT2D eigenvalue weighted by molar-refractivity contribution is -0.0241. The lowest BCUT2D eigenvalue weighted by Gasteiger charge is -2.53. The number of pyridine rings is 1. The molecule has 1 unspecified atom stereocenters. The van der Waals surface area contributed by atoms with Gasteiger partial charge >= 0.3 is 0 Å². The standard InChI is InChI=1S/C38H67N3/c1-29(2)13-11-14-30(3)36-19-18-31(4)37(36,5)22-20-32-15-12-16-33-27-34(21-23-38(32,33)6)40-26-10-9-24-39-28-35-17-7-8-25-41-35/h7-8,17,25,29-34,36,39-40H,9-16,18-24,26-28H2,1-6H3/t30-,31-,32-,33?,34+,36-,37+,38-/m1/s1. The molecule has 8 atom stereocenters. The van der Waals surface area contributed by atoms with Crippen molar-refractivity contribution in [3.8, 4) is 0 Å². The quantitative estimate of drug-likeness (QED) is 0.196. The molecule has 1 aromatic heterocycles. The summed E-state index contributed by atoms with van der Waals surface area (Å²) in [5.41, 5.74) is 2.29. The van der Waals surface area contributed by atoms with Crippen LogP contribution in [0.25, 0.3) is 0 Å². The molecule has 0 spiro atoms. The van der Waals surface area contributed by atoms with E-state index in [4.69, 9.17) is 0 Å². The van der Waals surface area contributed by atoms with E-state index in [1.165, 1.54) is 103 Å². The van der Waals surface area contributed by atoms with Gasteiger partial charge in [-0.05, 0) is 142 Å². The van der Waals surface area contributed by atoms with Crippen LogP contribution in [0, 0.1) is 46.3 Å². The van der Waals surface area contributed by atoms with Crippen molar-refractivity contribution in [1.82, 2.24) is 15.6 Å². The minimum atomic E-state index is 0.561. The molecule has 3 aliphatic carbocycles. The number of fused-ring (bicyclic) bond motifs is 1. The number of hydrogen-bond acceptors (Lipinski definition) is 3. The predicted molar refractivity (Wildman–Crippen MR) is 177 cm³/mol. The lowest BCUT2D eigenvalue weighted by Crippen LogP contribution is -2.48. The molecule has 0 aliphatic heterocycles. The fraction of sp³-hybridized carbons (Fsp3) is 0.868. The van der Waals surface area contributed by atoms with E-state index in [2.05, 4.69) is 69.3 Å². The molecule has 3 saturated carbocycles. The molecular weight excluding hydrogens is 498 g/mol. The number of aromatic nitrogens is 1. The lowest BCUT2D eigenvalue weighted by atomic mass is 9.53. The van der Waals surface area contributed by atoms with E-state index in [1.807, 2.05) is 12.3 Å². The summed E-state index contributed by atoms with van der Waals surface area (Å²) in [7, 11) is 0. The summed E-state index contributed by atoms with van der Waals surface area (Å²) in [5, 5.41) is 7.54. The van der Waals surface area contributed by atoms with Crippen molar-refractivity contribution < 1.29 is 0 Å². The minimum absolute atomic E-state index is 0.561. The van der Waals surface area contributed by atoms with Crippen LogP contribution in [0.2, 0.25) is 0 Å². The van der Waals surface area contributed by atoms with Crippen LogP contribution < -0.4 is 10.6 Å². The van der Waals surface area contributed by atoms with Gasteiger partial charge in [-0.3, -0.25) is 4.98 Å². The van der Waals surface area contributed by atoms with Gasteiger partial charge in [0.25, 0.3) is 0 Å². The topological polar surface area (TPSA) is 37.0 Å². The Labute approximate surface area is 255 Å². The maximum Gasteiger partial charge on any atom is 0.0541 e. The normalized spacial score (nSPS) is 34.6. The Morgan fingerprint density at radius 3 is 2.56 bits per heavy atom. The SMILES string of the molecule is CC(C)CCC[C@@H](C)[C@H]1CC[C@@H](C)[C@]1(C)CC[C@H]1CCCC2C[C@@H](NCCCCNCc3ccccn3)CC[C@@]21C. The van der Waals surface area contributed by atoms with E-state index in [1.54, 1.807) is 0 Å². The first kappa shape index (κ1) is 33.0. The molecule has 0 bridgehead atoms. The molecule has 3 nitrogen and oxygen atoms in total. The van der Waals surface area contributed by atoms with Crippen LogP contribution in [0.1, 0.15) is 144 Å². The Hall–Kier alpha value is -0.930. The van der Waals surface area contributed by atoms with Gasteiger partial charge in [0.2, 0.25) is 0 Å². The third-order valence-electron chi connectivity index (χ3n) is 12.9. The van der Waals surface area contributed by atoms with E-state index in [0.29, 0.717) is 10.8 Å². The zero-order valence-corrected chi connectivity index (χ0v) is 28.0. The summed E-state index contributed by atoms with van der Waals surface area (Å²) in [4.78, 5) is 4.41. The molecule has 0 amide bonds. The first-order valence-electron chi connectivity index (χ1n) is 18.1. The van der Waals surface area contributed by atoms with E-state index >= 15 is 0 Å². The zero-order valence-electron chi connectivity index (χ0n) is 28.0. The van der Waals surface area contributed by atoms with E-state index in [-0.39, 0.29) is 0 Å². The first-order chi connectivity index (χ1) is 19.7. The van der Waals surface area contributed by atoms with Gasteiger partial charge in [0.1, 0.15) is 0 Å². The minimum Gasteiger partial charge on any atom is -0.314 e. The van der Waals surface area contributed by atoms with E-state index < -0.39 is 0 Å². The van der Waals surface area contributed by atoms with Gasteiger partial charge in [0, 0.05) is 18.8 Å². The fourth-order valence-electron chi connectivity index (χ4n) is 9.76. The number of unbranched alkanes of at least 4 members (excludes halogenated alkanes) is 1. The Bertz CT molecular complexity index is 870. The van der Waals surface area contributed by atoms with Crippen LogP contribution in [0.4, 0.5) is 0 Å². The second kappa shape index (κ2) is 15.7. The van der Waals surface area contributed by atoms with Crippen molar-refractivity contribution in [2.75, 3.05) is 13.1 Å². The molecule has 1 heterocycles. The molecular formula is C38H67N3. The molecule has 0 aromatic carbocycles. The van der Waals surface area contributed by atoms with Gasteiger partial charge in [-0.2, -0.15) is 0 Å². The molecule has 234 valence electrons. The monoisotopic (exact) mass is 566 g/mol. The maximum atomic E-state index is 4.41. The highest BCUT2D eigenvalue weighted by molar-refractivity contribution is 5.03. The van der Waals surface area contributed by atoms with E-state index in [9.17, 15) is 0 Å². The summed E-state index contributed by atoms with van der Waals surface area (Å²) in [6.07, 6.45) is 23.3. The van der Waals surface area contributed by atoms with Gasteiger partial charge in [-0.25, -0.2) is 0 Å². The van der Waals surface area contributed by atoms with Crippen molar-refractivity contribution in [3.05, 3.63) is 30.1 Å². The van der Waals surface area contributed by atoms with Crippen LogP contribution in [0.3, 0.4) is 0 Å². The third-order valence-corrected chi connectivity index (χ3v) is 12.9. The van der Waals surface area contributed by atoms with Crippen LogP contribution >= 0.6 is 0 Å². The Morgan fingerprint density at radius 1 is 0.951 bits per heavy atom. The summed E-state index contributed by atoms with van der Waals surface area (Å²) < 4.78 is 0. The second-order valence-corrected chi connectivity index (χ2v) is 15.9. The molecule has 0 saturated heterocycles. The summed E-state index contributed by atoms with van der Waals surface area (Å²) in [6.45, 7) is 18.6. The van der Waals surface area contributed by atoms with Crippen LogP contribution in [0.5, 0.6) is 0 Å². The number of nitrogens with one attached hydrogen (secondary N) is 2. The zero-order chi connectivity index (χ0) is 29.3. The van der Waals surface area contributed by atoms with Crippen molar-refractivity contribution >= 4 is 0 Å². The molecule has 41 heavy (non-hydrogen) atoms. The molecule has 3 aliphatic rings. The molecule has 1 aromatic rings. The number of nitrogens with zero attached hydrogens (tertiary/aromatic N) is 1.